The summed E-state index contributed by atoms with van der Waals surface area (Å²) >= 11 is 4.01. The molecule has 21 heavy (non-hydrogen) atoms. The van der Waals surface area contributed by atoms with Crippen LogP contribution in [0.25, 0.3) is 0 Å². The lowest BCUT2D eigenvalue weighted by molar-refractivity contribution is -0.124. The van der Waals surface area contributed by atoms with Crippen molar-refractivity contribution < 1.29 is 9.53 Å². The highest BCUT2D eigenvalue weighted by Gasteiger charge is 2.17. The van der Waals surface area contributed by atoms with Crippen LogP contribution in [0.1, 0.15) is 37.3 Å². The number of carbonyl (C=O) groups is 1. The molecule has 2 rings (SSSR count). The fourth-order valence-corrected chi connectivity index (χ4v) is 4.90. The van der Waals surface area contributed by atoms with Crippen LogP contribution in [0.15, 0.2) is 24.3 Å². The lowest BCUT2D eigenvalue weighted by Crippen LogP contribution is -2.43. The molecule has 0 bridgehead atoms. The Bertz CT molecular complexity index is 462. The van der Waals surface area contributed by atoms with Crippen molar-refractivity contribution in [3.63, 3.8) is 0 Å². The Morgan fingerprint density at radius 1 is 1.24 bits per heavy atom. The van der Waals surface area contributed by atoms with Gasteiger partial charge in [0.2, 0.25) is 0 Å². The Morgan fingerprint density at radius 3 is 2.43 bits per heavy atom. The zero-order chi connectivity index (χ0) is 15.3. The number of ether oxygens (including phenoxy) is 1. The molecule has 1 aliphatic rings. The van der Waals surface area contributed by atoms with E-state index < -0.39 is 0 Å². The molecule has 1 N–H and O–H groups in total. The monoisotopic (exact) mass is 325 g/mol. The fourth-order valence-electron chi connectivity index (χ4n) is 2.00. The van der Waals surface area contributed by atoms with Crippen LogP contribution in [0, 0.1) is 0 Å². The molecule has 5 heteroatoms. The number of nitrogens with one attached hydrogen (secondary N) is 1. The molecule has 0 saturated carbocycles. The second kappa shape index (κ2) is 7.45. The Labute approximate surface area is 135 Å². The van der Waals surface area contributed by atoms with Crippen LogP contribution >= 0.6 is 23.5 Å². The normalized spacial score (nSPS) is 16.5. The van der Waals surface area contributed by atoms with Gasteiger partial charge in [-0.2, -0.15) is 0 Å². The number of amides is 1. The molecule has 1 saturated heterocycles. The molecule has 116 valence electrons. The number of hydrogen-bond donors (Lipinski definition) is 1. The van der Waals surface area contributed by atoms with Crippen LogP contribution in [0.4, 0.5) is 0 Å². The Balaban J connectivity index is 1.83. The van der Waals surface area contributed by atoms with E-state index in [4.69, 9.17) is 4.74 Å². The van der Waals surface area contributed by atoms with Gasteiger partial charge in [-0.25, -0.2) is 0 Å². The molecule has 0 unspecified atom stereocenters. The van der Waals surface area contributed by atoms with Crippen molar-refractivity contribution in [3.8, 4) is 5.75 Å². The Kier molecular flexibility index (Phi) is 5.88. The molecule has 1 aromatic carbocycles. The zero-order valence-corrected chi connectivity index (χ0v) is 14.5. The summed E-state index contributed by atoms with van der Waals surface area (Å²) in [7, 11) is 0. The summed E-state index contributed by atoms with van der Waals surface area (Å²) in [6.07, 6.45) is 1.30. The zero-order valence-electron chi connectivity index (χ0n) is 12.8. The number of rotatable bonds is 4. The molecule has 1 amide bonds. The van der Waals surface area contributed by atoms with E-state index in [0.29, 0.717) is 4.58 Å². The van der Waals surface area contributed by atoms with E-state index in [1.54, 1.807) is 0 Å². The van der Waals surface area contributed by atoms with E-state index in [1.165, 1.54) is 23.5 Å². The molecule has 0 radical (unpaired) electrons. The predicted molar refractivity (Wildman–Crippen MR) is 92.1 cm³/mol. The molecule has 1 fully saturated rings. The maximum atomic E-state index is 11.7. The van der Waals surface area contributed by atoms with Crippen LogP contribution in [-0.4, -0.2) is 29.6 Å². The third-order valence-corrected chi connectivity index (χ3v) is 5.88. The highest BCUT2D eigenvalue weighted by Crippen LogP contribution is 2.43. The van der Waals surface area contributed by atoms with Crippen molar-refractivity contribution in [2.24, 2.45) is 0 Å². The van der Waals surface area contributed by atoms with Gasteiger partial charge in [0, 0.05) is 5.54 Å². The van der Waals surface area contributed by atoms with Crippen molar-refractivity contribution in [1.82, 2.24) is 5.32 Å². The minimum atomic E-state index is -0.222. The van der Waals surface area contributed by atoms with Crippen LogP contribution in [0.5, 0.6) is 5.75 Å². The summed E-state index contributed by atoms with van der Waals surface area (Å²) in [5.41, 5.74) is 1.11. The van der Waals surface area contributed by atoms with Gasteiger partial charge in [-0.1, -0.05) is 12.1 Å². The van der Waals surface area contributed by atoms with Crippen molar-refractivity contribution >= 4 is 29.4 Å². The highest BCUT2D eigenvalue weighted by molar-refractivity contribution is 8.16. The largest absolute Gasteiger partial charge is 0.484 e. The molecule has 0 aliphatic carbocycles. The van der Waals surface area contributed by atoms with Crippen molar-refractivity contribution in [3.05, 3.63) is 29.8 Å². The van der Waals surface area contributed by atoms with Crippen LogP contribution in [-0.2, 0) is 4.79 Å². The number of thioether (sulfide) groups is 2. The number of carbonyl (C=O) groups excluding carboxylic acids is 1. The molecule has 0 aromatic heterocycles. The third-order valence-electron chi connectivity index (χ3n) is 2.86. The summed E-state index contributed by atoms with van der Waals surface area (Å²) in [4.78, 5) is 11.7. The first-order valence-electron chi connectivity index (χ1n) is 7.21. The van der Waals surface area contributed by atoms with E-state index in [-0.39, 0.29) is 18.1 Å². The second-order valence-corrected chi connectivity index (χ2v) is 8.81. The fraction of sp³-hybridized carbons (Fsp3) is 0.562. The van der Waals surface area contributed by atoms with E-state index in [0.717, 1.165) is 5.75 Å². The highest BCUT2D eigenvalue weighted by atomic mass is 32.2. The first-order chi connectivity index (χ1) is 9.94. The van der Waals surface area contributed by atoms with Gasteiger partial charge < -0.3 is 10.1 Å². The summed E-state index contributed by atoms with van der Waals surface area (Å²) < 4.78 is 6.07. The van der Waals surface area contributed by atoms with Gasteiger partial charge in [0.15, 0.2) is 6.61 Å². The molecule has 1 heterocycles. The topological polar surface area (TPSA) is 38.3 Å². The molecule has 0 spiro atoms. The van der Waals surface area contributed by atoms with Crippen LogP contribution in [0.2, 0.25) is 0 Å². The summed E-state index contributed by atoms with van der Waals surface area (Å²) in [6.45, 7) is 5.93. The quantitative estimate of drug-likeness (QED) is 0.912. The molecular weight excluding hydrogens is 302 g/mol. The van der Waals surface area contributed by atoms with E-state index in [9.17, 15) is 4.79 Å². The molecule has 1 aliphatic heterocycles. The minimum absolute atomic E-state index is 0.0591. The van der Waals surface area contributed by atoms with E-state index >= 15 is 0 Å². The van der Waals surface area contributed by atoms with Gasteiger partial charge in [-0.15, -0.1) is 23.5 Å². The summed E-state index contributed by atoms with van der Waals surface area (Å²) in [5.74, 6) is 3.13. The van der Waals surface area contributed by atoms with Crippen molar-refractivity contribution in [1.29, 1.82) is 0 Å². The smallest absolute Gasteiger partial charge is 0.258 e. The Hall–Kier alpha value is -0.810. The number of benzene rings is 1. The van der Waals surface area contributed by atoms with Gasteiger partial charge in [0.25, 0.3) is 5.91 Å². The third kappa shape index (κ3) is 5.83. The maximum absolute atomic E-state index is 11.7. The Morgan fingerprint density at radius 2 is 1.86 bits per heavy atom. The predicted octanol–water partition coefficient (Wildman–Crippen LogP) is 3.85. The van der Waals surface area contributed by atoms with E-state index in [1.807, 2.05) is 56.4 Å². The van der Waals surface area contributed by atoms with Gasteiger partial charge in [0.1, 0.15) is 5.75 Å². The molecule has 3 nitrogen and oxygen atoms in total. The average Bonchev–Trinajstić information content (AvgIpc) is 2.45. The van der Waals surface area contributed by atoms with Crippen molar-refractivity contribution in [2.75, 3.05) is 18.1 Å². The summed E-state index contributed by atoms with van der Waals surface area (Å²) in [5, 5.41) is 2.88. The standard InChI is InChI=1S/C16H23NO2S2/c1-16(2,3)17-14(18)11-19-13-7-5-12(6-8-13)15-20-9-4-10-21-15/h5-8,15H,4,9-11H2,1-3H3,(H,17,18). The van der Waals surface area contributed by atoms with E-state index in [2.05, 4.69) is 17.4 Å². The van der Waals surface area contributed by atoms with Gasteiger partial charge in [0.05, 0.1) is 4.58 Å². The lowest BCUT2D eigenvalue weighted by Gasteiger charge is -2.21. The van der Waals surface area contributed by atoms with Crippen LogP contribution in [0.3, 0.4) is 0 Å². The van der Waals surface area contributed by atoms with Gasteiger partial charge in [-0.05, 0) is 56.4 Å². The van der Waals surface area contributed by atoms with Crippen molar-refractivity contribution in [2.45, 2.75) is 37.3 Å². The molecular formula is C16H23NO2S2. The summed E-state index contributed by atoms with van der Waals surface area (Å²) in [6, 6.07) is 8.12. The average molecular weight is 325 g/mol. The SMILES string of the molecule is CC(C)(C)NC(=O)COc1ccc(C2SCCCS2)cc1. The van der Waals surface area contributed by atoms with Gasteiger partial charge in [-0.3, -0.25) is 4.79 Å². The molecule has 0 atom stereocenters. The number of hydrogen-bond acceptors (Lipinski definition) is 4. The molecule has 1 aromatic rings. The first kappa shape index (κ1) is 16.6. The maximum Gasteiger partial charge on any atom is 0.258 e. The van der Waals surface area contributed by atoms with Crippen LogP contribution < -0.4 is 10.1 Å². The lowest BCUT2D eigenvalue weighted by atomic mass is 10.1. The van der Waals surface area contributed by atoms with Gasteiger partial charge >= 0.3 is 0 Å². The first-order valence-corrected chi connectivity index (χ1v) is 9.31. The second-order valence-electron chi connectivity index (χ2n) is 6.08. The minimum Gasteiger partial charge on any atom is -0.484 e.